The summed E-state index contributed by atoms with van der Waals surface area (Å²) in [5.41, 5.74) is 6.58. The molecule has 0 aliphatic heterocycles. The van der Waals surface area contributed by atoms with Gasteiger partial charge in [0.1, 0.15) is 6.04 Å². The third kappa shape index (κ3) is 5.17. The Morgan fingerprint density at radius 3 is 1.80 bits per heavy atom. The van der Waals surface area contributed by atoms with Crippen molar-refractivity contribution >= 4 is 17.8 Å². The van der Waals surface area contributed by atoms with Gasteiger partial charge in [-0.3, -0.25) is 9.59 Å². The quantitative estimate of drug-likeness (QED) is 0.679. The number of carbonyl (C=O) groups is 3. The SMILES string of the molecule is NC(=O)CCC(NC(=O)C(c1ccccc1)c1ccccc1)C(=O)O. The lowest BCUT2D eigenvalue weighted by atomic mass is 9.90. The first-order valence-electron chi connectivity index (χ1n) is 7.90. The van der Waals surface area contributed by atoms with Gasteiger partial charge in [-0.2, -0.15) is 0 Å². The van der Waals surface area contributed by atoms with E-state index in [1.165, 1.54) is 0 Å². The molecule has 0 aromatic heterocycles. The molecule has 0 saturated heterocycles. The van der Waals surface area contributed by atoms with E-state index in [2.05, 4.69) is 5.32 Å². The third-order valence-corrected chi connectivity index (χ3v) is 3.82. The minimum atomic E-state index is -1.20. The van der Waals surface area contributed by atoms with Crippen molar-refractivity contribution in [3.05, 3.63) is 71.8 Å². The van der Waals surface area contributed by atoms with Gasteiger partial charge in [0, 0.05) is 6.42 Å². The average molecular weight is 340 g/mol. The van der Waals surface area contributed by atoms with E-state index in [1.807, 2.05) is 60.7 Å². The molecule has 2 aromatic carbocycles. The Hall–Kier alpha value is -3.15. The summed E-state index contributed by atoms with van der Waals surface area (Å²) in [7, 11) is 0. The summed E-state index contributed by atoms with van der Waals surface area (Å²) >= 11 is 0. The molecule has 6 heteroatoms. The molecule has 0 fully saturated rings. The fourth-order valence-electron chi connectivity index (χ4n) is 2.59. The molecule has 0 bridgehead atoms. The lowest BCUT2D eigenvalue weighted by Crippen LogP contribution is -2.43. The number of rotatable bonds is 8. The van der Waals surface area contributed by atoms with Crippen LogP contribution >= 0.6 is 0 Å². The first-order valence-corrected chi connectivity index (χ1v) is 7.90. The largest absolute Gasteiger partial charge is 0.480 e. The van der Waals surface area contributed by atoms with Crippen LogP contribution in [0.4, 0.5) is 0 Å². The number of hydrogen-bond acceptors (Lipinski definition) is 3. The van der Waals surface area contributed by atoms with Gasteiger partial charge in [0.25, 0.3) is 0 Å². The standard InChI is InChI=1S/C19H20N2O4/c20-16(22)12-11-15(19(24)25)21-18(23)17(13-7-3-1-4-8-13)14-9-5-2-6-10-14/h1-10,15,17H,11-12H2,(H2,20,22)(H,21,23)(H,24,25). The minimum Gasteiger partial charge on any atom is -0.480 e. The summed E-state index contributed by atoms with van der Waals surface area (Å²) in [5.74, 6) is -2.88. The van der Waals surface area contributed by atoms with E-state index in [1.54, 1.807) is 0 Å². The van der Waals surface area contributed by atoms with Crippen LogP contribution in [0.2, 0.25) is 0 Å². The van der Waals surface area contributed by atoms with Crippen molar-refractivity contribution in [3.8, 4) is 0 Å². The Balaban J connectivity index is 2.26. The van der Waals surface area contributed by atoms with Crippen LogP contribution in [0.25, 0.3) is 0 Å². The summed E-state index contributed by atoms with van der Waals surface area (Å²) in [6.45, 7) is 0. The van der Waals surface area contributed by atoms with Crippen LogP contribution in [0, 0.1) is 0 Å². The van der Waals surface area contributed by atoms with E-state index in [4.69, 9.17) is 5.73 Å². The highest BCUT2D eigenvalue weighted by Crippen LogP contribution is 2.25. The third-order valence-electron chi connectivity index (χ3n) is 3.82. The Kier molecular flexibility index (Phi) is 6.28. The Labute approximate surface area is 145 Å². The number of aliphatic carboxylic acids is 1. The van der Waals surface area contributed by atoms with Crippen LogP contribution in [-0.2, 0) is 14.4 Å². The first-order chi connectivity index (χ1) is 12.0. The molecule has 2 aromatic rings. The predicted molar refractivity (Wildman–Crippen MR) is 92.7 cm³/mol. The number of nitrogens with one attached hydrogen (secondary N) is 1. The predicted octanol–water partition coefficient (Wildman–Crippen LogP) is 1.65. The fourth-order valence-corrected chi connectivity index (χ4v) is 2.59. The minimum absolute atomic E-state index is 0.0489. The maximum atomic E-state index is 12.8. The normalized spacial score (nSPS) is 11.7. The summed E-state index contributed by atoms with van der Waals surface area (Å²) in [6.07, 6.45) is -0.161. The van der Waals surface area contributed by atoms with E-state index in [0.717, 1.165) is 11.1 Å². The van der Waals surface area contributed by atoms with Crippen LogP contribution < -0.4 is 11.1 Å². The zero-order chi connectivity index (χ0) is 18.2. The number of carbonyl (C=O) groups excluding carboxylic acids is 2. The molecule has 4 N–H and O–H groups in total. The van der Waals surface area contributed by atoms with Crippen LogP contribution in [0.15, 0.2) is 60.7 Å². The lowest BCUT2D eigenvalue weighted by molar-refractivity contribution is -0.142. The number of primary amides is 1. The fraction of sp³-hybridized carbons (Fsp3) is 0.211. The summed E-state index contributed by atoms with van der Waals surface area (Å²) in [4.78, 5) is 35.1. The second-order valence-electron chi connectivity index (χ2n) is 5.66. The molecule has 0 aliphatic rings. The molecule has 0 heterocycles. The monoisotopic (exact) mass is 340 g/mol. The van der Waals surface area contributed by atoms with Gasteiger partial charge >= 0.3 is 5.97 Å². The van der Waals surface area contributed by atoms with Gasteiger partial charge in [-0.1, -0.05) is 60.7 Å². The maximum absolute atomic E-state index is 12.8. The van der Waals surface area contributed by atoms with Gasteiger partial charge < -0.3 is 16.2 Å². The maximum Gasteiger partial charge on any atom is 0.326 e. The van der Waals surface area contributed by atoms with Crippen molar-refractivity contribution < 1.29 is 19.5 Å². The van der Waals surface area contributed by atoms with E-state index in [0.29, 0.717) is 0 Å². The first kappa shape index (κ1) is 18.2. The van der Waals surface area contributed by atoms with Crippen molar-refractivity contribution in [1.82, 2.24) is 5.32 Å². The molecule has 25 heavy (non-hydrogen) atoms. The average Bonchev–Trinajstić information content (AvgIpc) is 2.60. The molecule has 1 atom stereocenters. The highest BCUT2D eigenvalue weighted by atomic mass is 16.4. The molecule has 2 rings (SSSR count). The van der Waals surface area contributed by atoms with E-state index in [9.17, 15) is 19.5 Å². The molecule has 0 aliphatic carbocycles. The molecule has 0 radical (unpaired) electrons. The van der Waals surface area contributed by atoms with E-state index < -0.39 is 29.7 Å². The van der Waals surface area contributed by atoms with E-state index in [-0.39, 0.29) is 12.8 Å². The molecule has 1 unspecified atom stereocenters. The second-order valence-corrected chi connectivity index (χ2v) is 5.66. The number of hydrogen-bond donors (Lipinski definition) is 3. The van der Waals surface area contributed by atoms with Crippen molar-refractivity contribution in [2.24, 2.45) is 5.73 Å². The Morgan fingerprint density at radius 2 is 1.40 bits per heavy atom. The molecule has 0 spiro atoms. The molecule has 6 nitrogen and oxygen atoms in total. The number of benzene rings is 2. The van der Waals surface area contributed by atoms with Gasteiger partial charge in [0.05, 0.1) is 5.92 Å². The van der Waals surface area contributed by atoms with Gasteiger partial charge in [0.2, 0.25) is 11.8 Å². The van der Waals surface area contributed by atoms with Crippen LogP contribution in [0.5, 0.6) is 0 Å². The van der Waals surface area contributed by atoms with Crippen molar-refractivity contribution in [2.75, 3.05) is 0 Å². The zero-order valence-electron chi connectivity index (χ0n) is 13.6. The van der Waals surface area contributed by atoms with Crippen LogP contribution in [-0.4, -0.2) is 28.9 Å². The summed E-state index contributed by atoms with van der Waals surface area (Å²) in [5, 5.41) is 11.8. The Morgan fingerprint density at radius 1 is 0.920 bits per heavy atom. The molecular formula is C19H20N2O4. The zero-order valence-corrected chi connectivity index (χ0v) is 13.6. The highest BCUT2D eigenvalue weighted by Gasteiger charge is 2.27. The van der Waals surface area contributed by atoms with Crippen molar-refractivity contribution in [2.45, 2.75) is 24.8 Å². The summed E-state index contributed by atoms with van der Waals surface area (Å²) in [6, 6.07) is 17.1. The highest BCUT2D eigenvalue weighted by molar-refractivity contribution is 5.90. The van der Waals surface area contributed by atoms with Gasteiger partial charge in [-0.15, -0.1) is 0 Å². The molecule has 2 amide bonds. The van der Waals surface area contributed by atoms with Crippen LogP contribution in [0.3, 0.4) is 0 Å². The number of nitrogens with two attached hydrogens (primary N) is 1. The van der Waals surface area contributed by atoms with E-state index >= 15 is 0 Å². The number of carboxylic acids is 1. The van der Waals surface area contributed by atoms with Crippen LogP contribution in [0.1, 0.15) is 29.9 Å². The lowest BCUT2D eigenvalue weighted by Gasteiger charge is -2.21. The Bertz CT molecular complexity index is 692. The smallest absolute Gasteiger partial charge is 0.326 e. The molecule has 130 valence electrons. The molecular weight excluding hydrogens is 320 g/mol. The van der Waals surface area contributed by atoms with Gasteiger partial charge in [-0.25, -0.2) is 4.79 Å². The summed E-state index contributed by atoms with van der Waals surface area (Å²) < 4.78 is 0. The van der Waals surface area contributed by atoms with Crippen molar-refractivity contribution in [1.29, 1.82) is 0 Å². The van der Waals surface area contributed by atoms with Gasteiger partial charge in [0.15, 0.2) is 0 Å². The number of carboxylic acid groups (broad SMARTS) is 1. The van der Waals surface area contributed by atoms with Crippen molar-refractivity contribution in [3.63, 3.8) is 0 Å². The second kappa shape index (κ2) is 8.63. The van der Waals surface area contributed by atoms with Gasteiger partial charge in [-0.05, 0) is 17.5 Å². The molecule has 0 saturated carbocycles. The topological polar surface area (TPSA) is 109 Å². The number of amides is 2.